The fraction of sp³-hybridized carbons (Fsp3) is 0.462. The first-order valence-corrected chi connectivity index (χ1v) is 5.98. The van der Waals surface area contributed by atoms with Gasteiger partial charge in [0.2, 0.25) is 5.91 Å². The highest BCUT2D eigenvalue weighted by molar-refractivity contribution is 5.78. The van der Waals surface area contributed by atoms with Gasteiger partial charge in [-0.25, -0.2) is 4.39 Å². The van der Waals surface area contributed by atoms with Crippen molar-refractivity contribution in [3.8, 4) is 0 Å². The van der Waals surface area contributed by atoms with E-state index < -0.39 is 18.6 Å². The van der Waals surface area contributed by atoms with Crippen LogP contribution in [0.3, 0.4) is 0 Å². The van der Waals surface area contributed by atoms with Crippen molar-refractivity contribution >= 4 is 5.91 Å². The summed E-state index contributed by atoms with van der Waals surface area (Å²) in [7, 11) is 1.61. The number of alkyl halides is 3. The van der Waals surface area contributed by atoms with E-state index >= 15 is 0 Å². The van der Waals surface area contributed by atoms with Crippen LogP contribution in [0.5, 0.6) is 0 Å². The summed E-state index contributed by atoms with van der Waals surface area (Å²) in [5.41, 5.74) is 0.775. The van der Waals surface area contributed by atoms with Gasteiger partial charge < -0.3 is 5.32 Å². The maximum atomic E-state index is 12.8. The lowest BCUT2D eigenvalue weighted by molar-refractivity contribution is -0.139. The van der Waals surface area contributed by atoms with Crippen LogP contribution >= 0.6 is 0 Å². The van der Waals surface area contributed by atoms with E-state index in [4.69, 9.17) is 0 Å². The minimum atomic E-state index is -4.42. The molecule has 0 aliphatic heterocycles. The predicted octanol–water partition coefficient (Wildman–Crippen LogP) is 2.50. The van der Waals surface area contributed by atoms with Gasteiger partial charge in [-0.2, -0.15) is 13.2 Å². The molecule has 7 heteroatoms. The van der Waals surface area contributed by atoms with Gasteiger partial charge in [0, 0.05) is 6.04 Å². The van der Waals surface area contributed by atoms with Crippen LogP contribution in [0.25, 0.3) is 0 Å². The van der Waals surface area contributed by atoms with Crippen LogP contribution in [0.4, 0.5) is 17.6 Å². The maximum Gasteiger partial charge on any atom is 0.405 e. The van der Waals surface area contributed by atoms with Crippen molar-refractivity contribution in [1.29, 1.82) is 0 Å². The van der Waals surface area contributed by atoms with E-state index in [1.165, 1.54) is 12.1 Å². The minimum absolute atomic E-state index is 0.172. The molecule has 3 nitrogen and oxygen atoms in total. The smallest absolute Gasteiger partial charge is 0.346 e. The van der Waals surface area contributed by atoms with E-state index in [2.05, 4.69) is 0 Å². The summed E-state index contributed by atoms with van der Waals surface area (Å²) >= 11 is 0. The van der Waals surface area contributed by atoms with Crippen molar-refractivity contribution < 1.29 is 22.4 Å². The van der Waals surface area contributed by atoms with Crippen LogP contribution in [-0.2, 0) is 4.79 Å². The Morgan fingerprint density at radius 1 is 1.30 bits per heavy atom. The zero-order chi connectivity index (χ0) is 15.3. The molecule has 0 radical (unpaired) electrons. The molecule has 1 N–H and O–H groups in total. The summed E-state index contributed by atoms with van der Waals surface area (Å²) in [6, 6.07) is 5.52. The van der Waals surface area contributed by atoms with Crippen molar-refractivity contribution in [1.82, 2.24) is 10.2 Å². The molecule has 1 aromatic carbocycles. The summed E-state index contributed by atoms with van der Waals surface area (Å²) in [6.07, 6.45) is -4.42. The molecule has 0 aliphatic rings. The van der Waals surface area contributed by atoms with Gasteiger partial charge in [0.25, 0.3) is 0 Å². The van der Waals surface area contributed by atoms with Crippen LogP contribution in [0.1, 0.15) is 18.5 Å². The van der Waals surface area contributed by atoms with Crippen molar-refractivity contribution in [2.24, 2.45) is 0 Å². The third-order valence-corrected chi connectivity index (χ3v) is 2.89. The number of nitrogens with one attached hydrogen (secondary N) is 1. The molecule has 0 aliphatic carbocycles. The lowest BCUT2D eigenvalue weighted by Crippen LogP contribution is -2.40. The molecular weight excluding hydrogens is 276 g/mol. The number of rotatable bonds is 5. The van der Waals surface area contributed by atoms with Crippen molar-refractivity contribution in [3.05, 3.63) is 35.6 Å². The summed E-state index contributed by atoms with van der Waals surface area (Å²) in [5, 5.41) is 1.80. The Hall–Kier alpha value is -1.63. The molecule has 0 saturated carbocycles. The summed E-state index contributed by atoms with van der Waals surface area (Å²) < 4.78 is 48.6. The number of hydrogen-bond donors (Lipinski definition) is 1. The highest BCUT2D eigenvalue weighted by atomic mass is 19.4. The SMILES string of the molecule is CC(c1ccc(F)cc1)N(C)CC(=O)NCC(F)(F)F. The molecule has 0 saturated heterocycles. The number of likely N-dealkylation sites (N-methyl/N-ethyl adjacent to an activating group) is 1. The largest absolute Gasteiger partial charge is 0.405 e. The maximum absolute atomic E-state index is 12.8. The zero-order valence-corrected chi connectivity index (χ0v) is 11.2. The van der Waals surface area contributed by atoms with E-state index in [9.17, 15) is 22.4 Å². The highest BCUT2D eigenvalue weighted by Gasteiger charge is 2.28. The van der Waals surface area contributed by atoms with Crippen molar-refractivity contribution in [2.75, 3.05) is 20.1 Å². The topological polar surface area (TPSA) is 32.3 Å². The monoisotopic (exact) mass is 292 g/mol. The zero-order valence-electron chi connectivity index (χ0n) is 11.2. The molecule has 1 unspecified atom stereocenters. The molecule has 1 atom stereocenters. The second kappa shape index (κ2) is 6.69. The van der Waals surface area contributed by atoms with Gasteiger partial charge in [0.15, 0.2) is 0 Å². The van der Waals surface area contributed by atoms with E-state index in [-0.39, 0.29) is 18.4 Å². The van der Waals surface area contributed by atoms with Crippen LogP contribution in [0.15, 0.2) is 24.3 Å². The number of amides is 1. The average molecular weight is 292 g/mol. The van der Waals surface area contributed by atoms with Crippen LogP contribution < -0.4 is 5.32 Å². The third kappa shape index (κ3) is 5.56. The van der Waals surface area contributed by atoms with E-state index in [0.29, 0.717) is 0 Å². The fourth-order valence-electron chi connectivity index (χ4n) is 1.61. The first-order valence-electron chi connectivity index (χ1n) is 5.98. The molecule has 20 heavy (non-hydrogen) atoms. The molecule has 112 valence electrons. The second-order valence-electron chi connectivity index (χ2n) is 4.53. The molecule has 1 rings (SSSR count). The summed E-state index contributed by atoms with van der Waals surface area (Å²) in [4.78, 5) is 13.0. The summed E-state index contributed by atoms with van der Waals surface area (Å²) in [5.74, 6) is -1.08. The Morgan fingerprint density at radius 3 is 2.35 bits per heavy atom. The Morgan fingerprint density at radius 2 is 1.85 bits per heavy atom. The van der Waals surface area contributed by atoms with Gasteiger partial charge in [0.05, 0.1) is 6.54 Å². The van der Waals surface area contributed by atoms with Crippen LogP contribution in [0, 0.1) is 5.82 Å². The number of nitrogens with zero attached hydrogens (tertiary/aromatic N) is 1. The molecule has 0 aromatic heterocycles. The lowest BCUT2D eigenvalue weighted by Gasteiger charge is -2.24. The second-order valence-corrected chi connectivity index (χ2v) is 4.53. The lowest BCUT2D eigenvalue weighted by atomic mass is 10.1. The Labute approximate surface area is 114 Å². The van der Waals surface area contributed by atoms with E-state index in [0.717, 1.165) is 5.56 Å². The minimum Gasteiger partial charge on any atom is -0.346 e. The Bertz CT molecular complexity index is 445. The highest BCUT2D eigenvalue weighted by Crippen LogP contribution is 2.18. The standard InChI is InChI=1S/C13H16F4N2O/c1-9(10-3-5-11(14)6-4-10)19(2)7-12(20)18-8-13(15,16)17/h3-6,9H,7-8H2,1-2H3,(H,18,20). The van der Waals surface area contributed by atoms with Gasteiger partial charge in [-0.15, -0.1) is 0 Å². The third-order valence-electron chi connectivity index (χ3n) is 2.89. The molecular formula is C13H16F4N2O. The number of carbonyl (C=O) groups is 1. The number of hydrogen-bond acceptors (Lipinski definition) is 2. The van der Waals surface area contributed by atoms with Gasteiger partial charge in [-0.1, -0.05) is 12.1 Å². The van der Waals surface area contributed by atoms with Gasteiger partial charge in [-0.05, 0) is 31.7 Å². The van der Waals surface area contributed by atoms with Crippen LogP contribution in [-0.4, -0.2) is 37.1 Å². The quantitative estimate of drug-likeness (QED) is 0.846. The number of benzene rings is 1. The van der Waals surface area contributed by atoms with Crippen LogP contribution in [0.2, 0.25) is 0 Å². The van der Waals surface area contributed by atoms with Gasteiger partial charge >= 0.3 is 6.18 Å². The molecule has 0 spiro atoms. The molecule has 1 amide bonds. The number of halogens is 4. The fourth-order valence-corrected chi connectivity index (χ4v) is 1.61. The molecule has 1 aromatic rings. The first-order chi connectivity index (χ1) is 9.19. The first kappa shape index (κ1) is 16.4. The Balaban J connectivity index is 2.51. The predicted molar refractivity (Wildman–Crippen MR) is 66.5 cm³/mol. The van der Waals surface area contributed by atoms with E-state index in [1.54, 1.807) is 36.3 Å². The normalized spacial score (nSPS) is 13.3. The molecule has 0 bridgehead atoms. The number of carbonyl (C=O) groups excluding carboxylic acids is 1. The van der Waals surface area contributed by atoms with Crippen molar-refractivity contribution in [3.63, 3.8) is 0 Å². The van der Waals surface area contributed by atoms with Gasteiger partial charge in [-0.3, -0.25) is 9.69 Å². The van der Waals surface area contributed by atoms with Gasteiger partial charge in [0.1, 0.15) is 12.4 Å². The summed E-state index contributed by atoms with van der Waals surface area (Å²) in [6.45, 7) is 0.267. The van der Waals surface area contributed by atoms with E-state index in [1.807, 2.05) is 0 Å². The van der Waals surface area contributed by atoms with Crippen molar-refractivity contribution in [2.45, 2.75) is 19.1 Å². The Kier molecular flexibility index (Phi) is 5.50. The average Bonchev–Trinajstić information content (AvgIpc) is 2.35. The molecule has 0 heterocycles. The molecule has 0 fully saturated rings.